The van der Waals surface area contributed by atoms with Crippen molar-refractivity contribution in [1.29, 1.82) is 0 Å². The summed E-state index contributed by atoms with van der Waals surface area (Å²) < 4.78 is 14.0. The number of unbranched alkanes of at least 4 members (excludes halogenated alkanes) is 8. The second kappa shape index (κ2) is 13.7. The van der Waals surface area contributed by atoms with Crippen molar-refractivity contribution >= 4 is 19.7 Å². The van der Waals surface area contributed by atoms with Gasteiger partial charge >= 0.3 is 110 Å². The normalized spacial score (nSPS) is 10.6. The summed E-state index contributed by atoms with van der Waals surface area (Å²) in [5.74, 6) is 0. The molecule has 0 bridgehead atoms. The van der Waals surface area contributed by atoms with Crippen molar-refractivity contribution < 1.29 is 3.08 Å². The van der Waals surface area contributed by atoms with E-state index in [-0.39, 0.29) is 0 Å². The Bertz CT molecular complexity index is 141. The summed E-state index contributed by atoms with van der Waals surface area (Å²) in [4.78, 5) is 0. The molecule has 0 aliphatic rings. The zero-order chi connectivity index (χ0) is 12.1. The van der Waals surface area contributed by atoms with Crippen LogP contribution in [0.5, 0.6) is 0 Å². The van der Waals surface area contributed by atoms with Gasteiger partial charge in [0, 0.05) is 0 Å². The van der Waals surface area contributed by atoms with Crippen molar-refractivity contribution in [2.24, 2.45) is 0 Å². The van der Waals surface area contributed by atoms with E-state index >= 15 is 0 Å². The van der Waals surface area contributed by atoms with Gasteiger partial charge in [-0.05, 0) is 0 Å². The molecule has 0 aromatic carbocycles. The third-order valence-electron chi connectivity index (χ3n) is 3.12. The molecule has 0 spiro atoms. The van der Waals surface area contributed by atoms with Gasteiger partial charge in [0.2, 0.25) is 0 Å². The maximum absolute atomic E-state index is 11.8. The fourth-order valence-corrected chi connectivity index (χ4v) is 6.37. The second-order valence-corrected chi connectivity index (χ2v) is 10.8. The Labute approximate surface area is 110 Å². The van der Waals surface area contributed by atoms with E-state index in [1.54, 1.807) is 0 Å². The van der Waals surface area contributed by atoms with Crippen LogP contribution in [0.1, 0.15) is 78.1 Å². The molecule has 0 rings (SSSR count). The Morgan fingerprint density at radius 1 is 0.625 bits per heavy atom. The first-order chi connectivity index (χ1) is 7.81. The molecule has 96 valence electrons. The quantitative estimate of drug-likeness (QED) is 0.348. The number of hydrogen-bond donors (Lipinski definition) is 0. The molecule has 0 heterocycles. The third kappa shape index (κ3) is 12.7. The summed E-state index contributed by atoms with van der Waals surface area (Å²) in [6, 6.07) is 0. The standard InChI is InChI=1S/2C7H15.O.Sn/c2*1-3-5-7-6-4-2;;/h2*1,3-7H2,2H3;;. The summed E-state index contributed by atoms with van der Waals surface area (Å²) >= 11 is -2.09. The molecule has 0 aromatic heterocycles. The van der Waals surface area contributed by atoms with Crippen molar-refractivity contribution in [2.75, 3.05) is 0 Å². The average molecular weight is 333 g/mol. The molecular weight excluding hydrogens is 303 g/mol. The number of hydrogen-bond acceptors (Lipinski definition) is 1. The zero-order valence-electron chi connectivity index (χ0n) is 11.4. The van der Waals surface area contributed by atoms with Crippen molar-refractivity contribution in [3.8, 4) is 0 Å². The molecule has 0 aliphatic carbocycles. The minimum absolute atomic E-state index is 1.11. The first kappa shape index (κ1) is 16.6. The van der Waals surface area contributed by atoms with E-state index < -0.39 is 19.7 Å². The van der Waals surface area contributed by atoms with E-state index in [9.17, 15) is 3.08 Å². The van der Waals surface area contributed by atoms with Gasteiger partial charge in [-0.3, -0.25) is 0 Å². The van der Waals surface area contributed by atoms with Crippen LogP contribution in [-0.4, -0.2) is 19.7 Å². The molecule has 0 atom stereocenters. The van der Waals surface area contributed by atoms with Crippen molar-refractivity contribution in [2.45, 2.75) is 86.9 Å². The first-order valence-corrected chi connectivity index (χ1v) is 12.5. The van der Waals surface area contributed by atoms with E-state index in [1.807, 2.05) is 0 Å². The molecule has 16 heavy (non-hydrogen) atoms. The Morgan fingerprint density at radius 2 is 1.00 bits per heavy atom. The van der Waals surface area contributed by atoms with Gasteiger partial charge in [-0.2, -0.15) is 0 Å². The van der Waals surface area contributed by atoms with Gasteiger partial charge in [0.15, 0.2) is 0 Å². The molecule has 0 aromatic rings. The molecule has 0 aliphatic heterocycles. The Hall–Kier alpha value is 0.599. The molecular formula is C14H30OSn. The van der Waals surface area contributed by atoms with Gasteiger partial charge in [0.1, 0.15) is 0 Å². The van der Waals surface area contributed by atoms with E-state index in [0.29, 0.717) is 0 Å². The van der Waals surface area contributed by atoms with Crippen LogP contribution in [0.3, 0.4) is 0 Å². The van der Waals surface area contributed by atoms with Crippen molar-refractivity contribution in [3.05, 3.63) is 0 Å². The van der Waals surface area contributed by atoms with Gasteiger partial charge in [0.25, 0.3) is 0 Å². The molecule has 0 amide bonds. The summed E-state index contributed by atoms with van der Waals surface area (Å²) in [5.41, 5.74) is 0. The van der Waals surface area contributed by atoms with Crippen LogP contribution in [-0.2, 0) is 3.08 Å². The molecule has 0 unspecified atom stereocenters. The summed E-state index contributed by atoms with van der Waals surface area (Å²) in [6.45, 7) is 4.48. The molecule has 1 nitrogen and oxygen atoms in total. The van der Waals surface area contributed by atoms with Crippen LogP contribution >= 0.6 is 0 Å². The minimum atomic E-state index is -2.09. The van der Waals surface area contributed by atoms with E-state index in [0.717, 1.165) is 8.87 Å². The second-order valence-electron chi connectivity index (χ2n) is 4.87. The predicted octanol–water partition coefficient (Wildman–Crippen LogP) is 5.35. The van der Waals surface area contributed by atoms with Gasteiger partial charge < -0.3 is 0 Å². The molecule has 0 saturated heterocycles. The van der Waals surface area contributed by atoms with Crippen molar-refractivity contribution in [3.63, 3.8) is 0 Å². The van der Waals surface area contributed by atoms with Gasteiger partial charge in [0.05, 0.1) is 0 Å². The Balaban J connectivity index is 3.12. The zero-order valence-corrected chi connectivity index (χ0v) is 14.2. The summed E-state index contributed by atoms with van der Waals surface area (Å²) in [7, 11) is 0. The molecule has 0 saturated carbocycles. The molecule has 0 N–H and O–H groups in total. The van der Waals surface area contributed by atoms with Gasteiger partial charge in [-0.15, -0.1) is 0 Å². The van der Waals surface area contributed by atoms with Crippen LogP contribution < -0.4 is 0 Å². The average Bonchev–Trinajstić information content (AvgIpc) is 2.28. The van der Waals surface area contributed by atoms with E-state index in [1.165, 1.54) is 64.2 Å². The summed E-state index contributed by atoms with van der Waals surface area (Å²) in [5, 5.41) is 0. The third-order valence-corrected chi connectivity index (χ3v) is 8.32. The number of rotatable bonds is 12. The van der Waals surface area contributed by atoms with E-state index in [2.05, 4.69) is 13.8 Å². The van der Waals surface area contributed by atoms with Crippen LogP contribution in [0.2, 0.25) is 8.87 Å². The van der Waals surface area contributed by atoms with Crippen LogP contribution in [0.25, 0.3) is 0 Å². The topological polar surface area (TPSA) is 17.1 Å². The van der Waals surface area contributed by atoms with Gasteiger partial charge in [-0.25, -0.2) is 0 Å². The monoisotopic (exact) mass is 334 g/mol. The van der Waals surface area contributed by atoms with E-state index in [4.69, 9.17) is 0 Å². The molecule has 0 fully saturated rings. The predicted molar refractivity (Wildman–Crippen MR) is 73.6 cm³/mol. The summed E-state index contributed by atoms with van der Waals surface area (Å²) in [6.07, 6.45) is 13.1. The maximum atomic E-state index is 11.8. The Kier molecular flexibility index (Phi) is 14.2. The van der Waals surface area contributed by atoms with Crippen molar-refractivity contribution in [1.82, 2.24) is 0 Å². The fourth-order valence-electron chi connectivity index (χ4n) is 1.98. The van der Waals surface area contributed by atoms with Crippen LogP contribution in [0, 0.1) is 0 Å². The first-order valence-electron chi connectivity index (χ1n) is 7.33. The molecule has 2 heteroatoms. The van der Waals surface area contributed by atoms with Crippen LogP contribution in [0.4, 0.5) is 0 Å². The molecule has 0 radical (unpaired) electrons. The van der Waals surface area contributed by atoms with Crippen LogP contribution in [0.15, 0.2) is 0 Å². The van der Waals surface area contributed by atoms with Gasteiger partial charge in [-0.1, -0.05) is 0 Å². The fraction of sp³-hybridized carbons (Fsp3) is 1.00. The SMILES string of the molecule is CCCCCC[CH2][Sn](=[O])[CH2]CCCCCC. The Morgan fingerprint density at radius 3 is 1.38 bits per heavy atom.